The number of aromatic nitrogens is 4. The third-order valence-corrected chi connectivity index (χ3v) is 4.83. The molecule has 3 N–H and O–H groups in total. The van der Waals surface area contributed by atoms with Crippen LogP contribution in [-0.4, -0.2) is 30.9 Å². The zero-order valence-corrected chi connectivity index (χ0v) is 16.8. The summed E-state index contributed by atoms with van der Waals surface area (Å²) in [6, 6.07) is 12.6. The number of pyridine rings is 2. The molecule has 0 unspecified atom stereocenters. The van der Waals surface area contributed by atoms with Gasteiger partial charge >= 0.3 is 5.69 Å². The standard InChI is InChI=1S/C22H18N6O4/c23-20(30)15-3-5-16(6-4-15)26-18(29)13-27-17-2-1-9-25-19(17)21(31)28(22(27)32)12-14-7-10-24-11-8-14/h1-11H,12-13H2,(H2,23,30)(H,26,29). The van der Waals surface area contributed by atoms with Crippen LogP contribution in [0.3, 0.4) is 0 Å². The minimum absolute atomic E-state index is 0.0168. The van der Waals surface area contributed by atoms with E-state index in [0.29, 0.717) is 16.8 Å². The lowest BCUT2D eigenvalue weighted by molar-refractivity contribution is -0.116. The highest BCUT2D eigenvalue weighted by Crippen LogP contribution is 2.10. The van der Waals surface area contributed by atoms with Gasteiger partial charge in [-0.15, -0.1) is 0 Å². The molecule has 0 spiro atoms. The fourth-order valence-corrected chi connectivity index (χ4v) is 3.27. The van der Waals surface area contributed by atoms with Crippen molar-refractivity contribution in [1.82, 2.24) is 19.1 Å². The van der Waals surface area contributed by atoms with Crippen LogP contribution in [-0.2, 0) is 17.9 Å². The summed E-state index contributed by atoms with van der Waals surface area (Å²) in [6.07, 6.45) is 4.58. The number of hydrogen-bond donors (Lipinski definition) is 2. The average molecular weight is 430 g/mol. The van der Waals surface area contributed by atoms with E-state index >= 15 is 0 Å². The summed E-state index contributed by atoms with van der Waals surface area (Å²) < 4.78 is 2.25. The molecule has 0 aliphatic carbocycles. The second-order valence-electron chi connectivity index (χ2n) is 6.98. The molecule has 2 amide bonds. The number of primary amides is 1. The van der Waals surface area contributed by atoms with Crippen LogP contribution in [0, 0.1) is 0 Å². The second-order valence-corrected chi connectivity index (χ2v) is 6.98. The number of fused-ring (bicyclic) bond motifs is 1. The maximum atomic E-state index is 13.2. The quantitative estimate of drug-likeness (QED) is 0.462. The lowest BCUT2D eigenvalue weighted by Crippen LogP contribution is -2.42. The molecular weight excluding hydrogens is 412 g/mol. The first-order valence-electron chi connectivity index (χ1n) is 9.61. The Labute approximate surface area is 181 Å². The summed E-state index contributed by atoms with van der Waals surface area (Å²) in [7, 11) is 0. The van der Waals surface area contributed by atoms with Crippen molar-refractivity contribution in [2.75, 3.05) is 5.32 Å². The molecule has 0 aliphatic rings. The van der Waals surface area contributed by atoms with E-state index in [1.807, 2.05) is 0 Å². The van der Waals surface area contributed by atoms with E-state index in [-0.39, 0.29) is 24.1 Å². The summed E-state index contributed by atoms with van der Waals surface area (Å²) in [4.78, 5) is 58.0. The number of amides is 2. The van der Waals surface area contributed by atoms with E-state index in [9.17, 15) is 19.2 Å². The number of nitrogens with one attached hydrogen (secondary N) is 1. The Morgan fingerprint density at radius 2 is 1.66 bits per heavy atom. The normalized spacial score (nSPS) is 10.8. The van der Waals surface area contributed by atoms with E-state index in [2.05, 4.69) is 15.3 Å². The minimum Gasteiger partial charge on any atom is -0.366 e. The molecule has 0 bridgehead atoms. The van der Waals surface area contributed by atoms with Gasteiger partial charge < -0.3 is 11.1 Å². The van der Waals surface area contributed by atoms with Gasteiger partial charge in [-0.1, -0.05) is 0 Å². The number of benzene rings is 1. The molecule has 4 rings (SSSR count). The molecular formula is C22H18N6O4. The predicted octanol–water partition coefficient (Wildman–Crippen LogP) is 0.739. The van der Waals surface area contributed by atoms with Gasteiger partial charge in [0.1, 0.15) is 6.54 Å². The van der Waals surface area contributed by atoms with Crippen molar-refractivity contribution < 1.29 is 9.59 Å². The van der Waals surface area contributed by atoms with Crippen LogP contribution < -0.4 is 22.3 Å². The summed E-state index contributed by atoms with van der Waals surface area (Å²) in [5.74, 6) is -1.07. The maximum Gasteiger partial charge on any atom is 0.332 e. The number of rotatable bonds is 6. The fraction of sp³-hybridized carbons (Fsp3) is 0.0909. The molecule has 10 heteroatoms. The van der Waals surface area contributed by atoms with Crippen LogP contribution in [0.4, 0.5) is 5.69 Å². The third-order valence-electron chi connectivity index (χ3n) is 4.83. The van der Waals surface area contributed by atoms with Gasteiger partial charge in [-0.3, -0.25) is 28.5 Å². The highest BCUT2D eigenvalue weighted by atomic mass is 16.2. The summed E-state index contributed by atoms with van der Waals surface area (Å²) in [5.41, 5.74) is 5.83. The van der Waals surface area contributed by atoms with Crippen molar-refractivity contribution >= 4 is 28.5 Å². The predicted molar refractivity (Wildman–Crippen MR) is 117 cm³/mol. The number of nitrogens with two attached hydrogens (primary N) is 1. The number of hydrogen-bond acceptors (Lipinski definition) is 6. The largest absolute Gasteiger partial charge is 0.366 e. The fourth-order valence-electron chi connectivity index (χ4n) is 3.27. The van der Waals surface area contributed by atoms with Crippen molar-refractivity contribution in [1.29, 1.82) is 0 Å². The topological polar surface area (TPSA) is 142 Å². The van der Waals surface area contributed by atoms with Crippen LogP contribution >= 0.6 is 0 Å². The lowest BCUT2D eigenvalue weighted by Gasteiger charge is -2.14. The Hall–Kier alpha value is -4.60. The number of carbonyl (C=O) groups is 2. The lowest BCUT2D eigenvalue weighted by atomic mass is 10.2. The van der Waals surface area contributed by atoms with E-state index in [1.165, 1.54) is 35.0 Å². The third kappa shape index (κ3) is 4.15. The zero-order chi connectivity index (χ0) is 22.7. The van der Waals surface area contributed by atoms with Gasteiger partial charge in [-0.25, -0.2) is 9.78 Å². The Balaban J connectivity index is 1.69. The molecule has 0 saturated heterocycles. The van der Waals surface area contributed by atoms with Gasteiger partial charge in [-0.05, 0) is 54.1 Å². The molecule has 160 valence electrons. The number of carbonyl (C=O) groups excluding carboxylic acids is 2. The minimum atomic E-state index is -0.633. The van der Waals surface area contributed by atoms with Crippen LogP contribution in [0.25, 0.3) is 11.0 Å². The molecule has 0 radical (unpaired) electrons. The first-order chi connectivity index (χ1) is 15.4. The van der Waals surface area contributed by atoms with Crippen molar-refractivity contribution in [3.63, 3.8) is 0 Å². The Morgan fingerprint density at radius 1 is 0.938 bits per heavy atom. The van der Waals surface area contributed by atoms with Crippen LogP contribution in [0.2, 0.25) is 0 Å². The Bertz CT molecular complexity index is 1430. The first-order valence-corrected chi connectivity index (χ1v) is 9.61. The van der Waals surface area contributed by atoms with Crippen molar-refractivity contribution in [3.05, 3.63) is 99.1 Å². The molecule has 10 nitrogen and oxygen atoms in total. The van der Waals surface area contributed by atoms with Crippen molar-refractivity contribution in [2.45, 2.75) is 13.1 Å². The van der Waals surface area contributed by atoms with E-state index < -0.39 is 23.1 Å². The maximum absolute atomic E-state index is 13.2. The molecule has 0 fully saturated rings. The molecule has 32 heavy (non-hydrogen) atoms. The molecule has 3 aromatic heterocycles. The molecule has 4 aromatic rings. The first kappa shape index (κ1) is 20.7. The molecule has 0 saturated carbocycles. The van der Waals surface area contributed by atoms with Gasteiger partial charge in [0.05, 0.1) is 12.1 Å². The number of anilines is 1. The van der Waals surface area contributed by atoms with Gasteiger partial charge in [0.15, 0.2) is 5.52 Å². The summed E-state index contributed by atoms with van der Waals surface area (Å²) >= 11 is 0. The molecule has 1 aromatic carbocycles. The summed E-state index contributed by atoms with van der Waals surface area (Å²) in [6.45, 7) is -0.321. The van der Waals surface area contributed by atoms with Gasteiger partial charge in [0.2, 0.25) is 11.8 Å². The van der Waals surface area contributed by atoms with Gasteiger partial charge in [-0.2, -0.15) is 0 Å². The SMILES string of the molecule is NC(=O)c1ccc(NC(=O)Cn2c(=O)n(Cc3ccncc3)c(=O)c3ncccc32)cc1. The molecule has 0 atom stereocenters. The van der Waals surface area contributed by atoms with Crippen LogP contribution in [0.5, 0.6) is 0 Å². The highest BCUT2D eigenvalue weighted by molar-refractivity contribution is 5.95. The Kier molecular flexibility index (Phi) is 5.58. The van der Waals surface area contributed by atoms with Crippen molar-refractivity contribution in [2.24, 2.45) is 5.73 Å². The number of nitrogens with zero attached hydrogens (tertiary/aromatic N) is 4. The zero-order valence-electron chi connectivity index (χ0n) is 16.8. The second kappa shape index (κ2) is 8.64. The Morgan fingerprint density at radius 3 is 2.34 bits per heavy atom. The van der Waals surface area contributed by atoms with E-state index in [1.54, 1.807) is 36.7 Å². The van der Waals surface area contributed by atoms with E-state index in [0.717, 1.165) is 4.57 Å². The van der Waals surface area contributed by atoms with Gasteiger partial charge in [0, 0.05) is 29.8 Å². The monoisotopic (exact) mass is 430 g/mol. The smallest absolute Gasteiger partial charge is 0.332 e. The van der Waals surface area contributed by atoms with Crippen molar-refractivity contribution in [3.8, 4) is 0 Å². The van der Waals surface area contributed by atoms with Gasteiger partial charge in [0.25, 0.3) is 5.56 Å². The molecule has 3 heterocycles. The summed E-state index contributed by atoms with van der Waals surface area (Å²) in [5, 5.41) is 2.67. The van der Waals surface area contributed by atoms with Crippen LogP contribution in [0.1, 0.15) is 15.9 Å². The van der Waals surface area contributed by atoms with E-state index in [4.69, 9.17) is 5.73 Å². The molecule has 0 aliphatic heterocycles. The highest BCUT2D eigenvalue weighted by Gasteiger charge is 2.16. The average Bonchev–Trinajstić information content (AvgIpc) is 2.80. The van der Waals surface area contributed by atoms with Crippen LogP contribution in [0.15, 0.2) is 76.7 Å².